The van der Waals surface area contributed by atoms with Crippen molar-refractivity contribution in [2.75, 3.05) is 5.73 Å². The zero-order valence-electron chi connectivity index (χ0n) is 8.20. The van der Waals surface area contributed by atoms with Crippen LogP contribution in [0.5, 0.6) is 0 Å². The highest BCUT2D eigenvalue weighted by molar-refractivity contribution is 7.15. The second kappa shape index (κ2) is 2.92. The van der Waals surface area contributed by atoms with E-state index in [-0.39, 0.29) is 0 Å². The lowest BCUT2D eigenvalue weighted by Crippen LogP contribution is -2.17. The van der Waals surface area contributed by atoms with E-state index in [0.717, 1.165) is 5.92 Å². The summed E-state index contributed by atoms with van der Waals surface area (Å²) >= 11 is 1.60. The maximum absolute atomic E-state index is 5.65. The summed E-state index contributed by atoms with van der Waals surface area (Å²) in [5, 5.41) is 10.0. The van der Waals surface area contributed by atoms with Gasteiger partial charge in [-0.25, -0.2) is 0 Å². The van der Waals surface area contributed by atoms with Gasteiger partial charge in [-0.2, -0.15) is 0 Å². The molecule has 2 N–H and O–H groups in total. The first kappa shape index (κ1) is 8.65. The average Bonchev–Trinajstić information content (AvgIpc) is 2.68. The Balaban J connectivity index is 1.89. The van der Waals surface area contributed by atoms with Gasteiger partial charge in [0.15, 0.2) is 0 Å². The minimum absolute atomic E-state index is 0.409. The fourth-order valence-electron chi connectivity index (χ4n) is 2.85. The molecule has 0 amide bonds. The Kier molecular flexibility index (Phi) is 1.81. The molecule has 2 saturated carbocycles. The van der Waals surface area contributed by atoms with Crippen molar-refractivity contribution >= 4 is 16.5 Å². The van der Waals surface area contributed by atoms with Crippen LogP contribution < -0.4 is 5.73 Å². The summed E-state index contributed by atoms with van der Waals surface area (Å²) in [5.41, 5.74) is 6.06. The summed E-state index contributed by atoms with van der Waals surface area (Å²) < 4.78 is 0. The fourth-order valence-corrected chi connectivity index (χ4v) is 3.78. The molecule has 0 atom stereocenters. The van der Waals surface area contributed by atoms with E-state index >= 15 is 0 Å². The maximum atomic E-state index is 5.65. The monoisotopic (exact) mass is 209 g/mol. The minimum atomic E-state index is 0.409. The fraction of sp³-hybridized carbons (Fsp3) is 0.800. The highest BCUT2D eigenvalue weighted by Gasteiger charge is 2.53. The molecule has 3 rings (SSSR count). The highest BCUT2D eigenvalue weighted by atomic mass is 32.1. The second-order valence-electron chi connectivity index (χ2n) is 4.58. The average molecular weight is 209 g/mol. The lowest BCUT2D eigenvalue weighted by Gasteiger charge is -2.18. The molecule has 2 fully saturated rings. The standard InChI is InChI=1S/C10H15N3S/c11-9-13-12-8(14-9)10(5-6-10)7-3-1-2-4-7/h7H,1-6H2,(H2,11,13). The third kappa shape index (κ3) is 1.16. The van der Waals surface area contributed by atoms with Crippen LogP contribution in [-0.2, 0) is 5.41 Å². The van der Waals surface area contributed by atoms with E-state index in [1.165, 1.54) is 43.5 Å². The van der Waals surface area contributed by atoms with Crippen LogP contribution >= 0.6 is 11.3 Å². The van der Waals surface area contributed by atoms with Gasteiger partial charge in [0.25, 0.3) is 0 Å². The summed E-state index contributed by atoms with van der Waals surface area (Å²) in [6.45, 7) is 0. The van der Waals surface area contributed by atoms with Gasteiger partial charge in [-0.05, 0) is 31.6 Å². The van der Waals surface area contributed by atoms with Crippen molar-refractivity contribution in [2.45, 2.75) is 43.9 Å². The molecule has 0 saturated heterocycles. The Labute approximate surface area is 87.7 Å². The van der Waals surface area contributed by atoms with Crippen molar-refractivity contribution < 1.29 is 0 Å². The normalized spacial score (nSPS) is 25.4. The van der Waals surface area contributed by atoms with E-state index in [1.807, 2.05) is 0 Å². The van der Waals surface area contributed by atoms with Crippen LogP contribution in [0.3, 0.4) is 0 Å². The van der Waals surface area contributed by atoms with Crippen LogP contribution in [0, 0.1) is 5.92 Å². The number of rotatable bonds is 2. The van der Waals surface area contributed by atoms with Crippen molar-refractivity contribution in [1.82, 2.24) is 10.2 Å². The van der Waals surface area contributed by atoms with E-state index in [0.29, 0.717) is 10.5 Å². The van der Waals surface area contributed by atoms with Crippen LogP contribution in [-0.4, -0.2) is 10.2 Å². The molecule has 0 spiro atoms. The molecule has 0 unspecified atom stereocenters. The van der Waals surface area contributed by atoms with Crippen molar-refractivity contribution in [1.29, 1.82) is 0 Å². The van der Waals surface area contributed by atoms with Crippen molar-refractivity contribution in [3.05, 3.63) is 5.01 Å². The van der Waals surface area contributed by atoms with Gasteiger partial charge in [-0.1, -0.05) is 24.2 Å². The first-order chi connectivity index (χ1) is 6.81. The molecule has 1 heterocycles. The number of nitrogens with two attached hydrogens (primary N) is 1. The third-order valence-electron chi connectivity index (χ3n) is 3.79. The van der Waals surface area contributed by atoms with E-state index in [9.17, 15) is 0 Å². The zero-order valence-corrected chi connectivity index (χ0v) is 9.02. The van der Waals surface area contributed by atoms with E-state index < -0.39 is 0 Å². The Morgan fingerprint density at radius 1 is 1.21 bits per heavy atom. The summed E-state index contributed by atoms with van der Waals surface area (Å²) in [4.78, 5) is 0. The molecule has 0 aromatic carbocycles. The Morgan fingerprint density at radius 2 is 1.93 bits per heavy atom. The molecule has 3 nitrogen and oxygen atoms in total. The molecule has 2 aliphatic carbocycles. The molecule has 0 bridgehead atoms. The lowest BCUT2D eigenvalue weighted by atomic mass is 9.88. The molecule has 4 heteroatoms. The number of nitrogen functional groups attached to an aromatic ring is 1. The van der Waals surface area contributed by atoms with E-state index in [1.54, 1.807) is 11.3 Å². The molecule has 1 aromatic rings. The topological polar surface area (TPSA) is 51.8 Å². The molecule has 2 aliphatic rings. The highest BCUT2D eigenvalue weighted by Crippen LogP contribution is 2.59. The molecule has 76 valence electrons. The van der Waals surface area contributed by atoms with Gasteiger partial charge < -0.3 is 5.73 Å². The summed E-state index contributed by atoms with van der Waals surface area (Å²) in [7, 11) is 0. The molecule has 0 aliphatic heterocycles. The van der Waals surface area contributed by atoms with Crippen LogP contribution in [0.15, 0.2) is 0 Å². The molecular formula is C10H15N3S. The Bertz CT molecular complexity index is 337. The zero-order chi connectivity index (χ0) is 9.60. The number of nitrogens with zero attached hydrogens (tertiary/aromatic N) is 2. The quantitative estimate of drug-likeness (QED) is 0.813. The van der Waals surface area contributed by atoms with E-state index in [4.69, 9.17) is 5.73 Å². The number of hydrogen-bond donors (Lipinski definition) is 1. The van der Waals surface area contributed by atoms with Crippen LogP contribution in [0.1, 0.15) is 43.5 Å². The lowest BCUT2D eigenvalue weighted by molar-refractivity contribution is 0.412. The summed E-state index contributed by atoms with van der Waals surface area (Å²) in [6, 6.07) is 0. The van der Waals surface area contributed by atoms with Gasteiger partial charge in [0, 0.05) is 5.41 Å². The summed E-state index contributed by atoms with van der Waals surface area (Å²) in [5.74, 6) is 0.870. The molecule has 1 aromatic heterocycles. The second-order valence-corrected chi connectivity index (χ2v) is 5.59. The predicted octanol–water partition coefficient (Wildman–Crippen LogP) is 2.34. The first-order valence-electron chi connectivity index (χ1n) is 5.41. The number of hydrogen-bond acceptors (Lipinski definition) is 4. The van der Waals surface area contributed by atoms with Gasteiger partial charge in [0.05, 0.1) is 0 Å². The Hall–Kier alpha value is -0.640. The molecule has 0 radical (unpaired) electrons. The van der Waals surface area contributed by atoms with Gasteiger partial charge >= 0.3 is 0 Å². The molecule has 14 heavy (non-hydrogen) atoms. The maximum Gasteiger partial charge on any atom is 0.203 e. The third-order valence-corrected chi connectivity index (χ3v) is 4.76. The van der Waals surface area contributed by atoms with Gasteiger partial charge in [-0.15, -0.1) is 10.2 Å². The number of aromatic nitrogens is 2. The predicted molar refractivity (Wildman–Crippen MR) is 57.2 cm³/mol. The largest absolute Gasteiger partial charge is 0.374 e. The van der Waals surface area contributed by atoms with Crippen molar-refractivity contribution in [3.63, 3.8) is 0 Å². The van der Waals surface area contributed by atoms with Crippen LogP contribution in [0.25, 0.3) is 0 Å². The minimum Gasteiger partial charge on any atom is -0.374 e. The Morgan fingerprint density at radius 3 is 2.43 bits per heavy atom. The van der Waals surface area contributed by atoms with E-state index in [2.05, 4.69) is 10.2 Å². The van der Waals surface area contributed by atoms with Gasteiger partial charge in [0.1, 0.15) is 5.01 Å². The SMILES string of the molecule is Nc1nnc(C2(C3CCCC3)CC2)s1. The molecular weight excluding hydrogens is 194 g/mol. The number of anilines is 1. The first-order valence-corrected chi connectivity index (χ1v) is 6.22. The van der Waals surface area contributed by atoms with Gasteiger partial charge in [-0.3, -0.25) is 0 Å². The van der Waals surface area contributed by atoms with Crippen molar-refractivity contribution in [3.8, 4) is 0 Å². The summed E-state index contributed by atoms with van der Waals surface area (Å²) in [6.07, 6.45) is 8.21. The smallest absolute Gasteiger partial charge is 0.203 e. The van der Waals surface area contributed by atoms with Crippen LogP contribution in [0.2, 0.25) is 0 Å². The van der Waals surface area contributed by atoms with Gasteiger partial charge in [0.2, 0.25) is 5.13 Å². The van der Waals surface area contributed by atoms with Crippen molar-refractivity contribution in [2.24, 2.45) is 5.92 Å². The van der Waals surface area contributed by atoms with Crippen LogP contribution in [0.4, 0.5) is 5.13 Å².